The number of hydrogen-bond donors (Lipinski definition) is 2. The summed E-state index contributed by atoms with van der Waals surface area (Å²) in [6, 6.07) is 0.983. The van der Waals surface area contributed by atoms with Gasteiger partial charge in [0.15, 0.2) is 0 Å². The molecule has 2 saturated carbocycles. The van der Waals surface area contributed by atoms with Gasteiger partial charge in [0, 0.05) is 18.3 Å². The Balaban J connectivity index is 1.76. The summed E-state index contributed by atoms with van der Waals surface area (Å²) in [4.78, 5) is 2.60. The van der Waals surface area contributed by atoms with Crippen LogP contribution in [0.2, 0.25) is 0 Å². The highest BCUT2D eigenvalue weighted by Gasteiger charge is 2.67. The summed E-state index contributed by atoms with van der Waals surface area (Å²) in [5.74, 6) is 3.02. The number of likely N-dealkylation sites (tertiary alicyclic amines) is 1. The molecule has 0 amide bonds. The van der Waals surface area contributed by atoms with Crippen molar-refractivity contribution in [3.05, 3.63) is 49.0 Å². The van der Waals surface area contributed by atoms with Crippen LogP contribution in [0.1, 0.15) is 93.4 Å². The van der Waals surface area contributed by atoms with Gasteiger partial charge >= 0.3 is 0 Å². The molecule has 1 saturated heterocycles. The van der Waals surface area contributed by atoms with Gasteiger partial charge < -0.3 is 15.5 Å². The Kier molecular flexibility index (Phi) is 8.05. The van der Waals surface area contributed by atoms with E-state index in [1.165, 1.54) is 48.9 Å². The highest BCUT2D eigenvalue weighted by Crippen LogP contribution is 2.66. The van der Waals surface area contributed by atoms with Gasteiger partial charge in [-0.25, -0.2) is 0 Å². The highest BCUT2D eigenvalue weighted by molar-refractivity contribution is 5.29. The van der Waals surface area contributed by atoms with Crippen LogP contribution in [0.3, 0.4) is 0 Å². The molecule has 3 fully saturated rings. The molecule has 0 aromatic rings. The molecular formula is C31H53N3. The second-order valence-electron chi connectivity index (χ2n) is 13.4. The van der Waals surface area contributed by atoms with Gasteiger partial charge in [-0.1, -0.05) is 84.8 Å². The molecule has 2 N–H and O–H groups in total. The zero-order valence-electron chi connectivity index (χ0n) is 23.4. The largest absolute Gasteiger partial charge is 0.369 e. The molecule has 5 atom stereocenters. The molecule has 3 heteroatoms. The van der Waals surface area contributed by atoms with Gasteiger partial charge in [-0.3, -0.25) is 0 Å². The molecule has 3 nitrogen and oxygen atoms in total. The third-order valence-electron chi connectivity index (χ3n) is 9.15. The Bertz CT molecular complexity index is 792. The monoisotopic (exact) mass is 467 g/mol. The zero-order chi connectivity index (χ0) is 25.4. The first kappa shape index (κ1) is 27.0. The van der Waals surface area contributed by atoms with E-state index in [0.29, 0.717) is 29.3 Å². The Labute approximate surface area is 211 Å². The fraction of sp³-hybridized carbons (Fsp3) is 0.742. The van der Waals surface area contributed by atoms with E-state index in [4.69, 9.17) is 6.58 Å². The predicted molar refractivity (Wildman–Crippen MR) is 148 cm³/mol. The van der Waals surface area contributed by atoms with Crippen molar-refractivity contribution in [2.24, 2.45) is 28.6 Å². The minimum atomic E-state index is 0.143. The van der Waals surface area contributed by atoms with Crippen LogP contribution < -0.4 is 10.6 Å². The van der Waals surface area contributed by atoms with Crippen LogP contribution in [-0.2, 0) is 0 Å². The SMILES string of the molecule is C=C(C)CCC(NC(=C)NC(C(=C)N1C[C@H]2[C@@H](C1C(=C)C)C2(C)C)C1CCCCC1)C(C)(C)C. The second kappa shape index (κ2) is 10.2. The maximum Gasteiger partial charge on any atom is 0.0920 e. The minimum Gasteiger partial charge on any atom is -0.369 e. The lowest BCUT2D eigenvalue weighted by Gasteiger charge is -2.42. The molecule has 3 rings (SSSR count). The van der Waals surface area contributed by atoms with E-state index in [2.05, 4.69) is 83.7 Å². The van der Waals surface area contributed by atoms with Crippen molar-refractivity contribution in [1.82, 2.24) is 15.5 Å². The zero-order valence-corrected chi connectivity index (χ0v) is 23.4. The van der Waals surface area contributed by atoms with E-state index in [9.17, 15) is 0 Å². The van der Waals surface area contributed by atoms with Crippen molar-refractivity contribution >= 4 is 0 Å². The van der Waals surface area contributed by atoms with Gasteiger partial charge in [-0.05, 0) is 68.1 Å². The van der Waals surface area contributed by atoms with Crippen molar-refractivity contribution in [2.75, 3.05) is 6.54 Å². The molecule has 1 heterocycles. The van der Waals surface area contributed by atoms with Crippen molar-refractivity contribution in [1.29, 1.82) is 0 Å². The van der Waals surface area contributed by atoms with Gasteiger partial charge in [0.25, 0.3) is 0 Å². The van der Waals surface area contributed by atoms with Gasteiger partial charge in [0.1, 0.15) is 0 Å². The molecule has 0 aromatic heterocycles. The lowest BCUT2D eigenvalue weighted by Crippen LogP contribution is -2.50. The summed E-state index contributed by atoms with van der Waals surface area (Å²) in [6.07, 6.45) is 8.64. The fourth-order valence-electron chi connectivity index (χ4n) is 6.82. The van der Waals surface area contributed by atoms with E-state index in [-0.39, 0.29) is 11.5 Å². The van der Waals surface area contributed by atoms with Crippen LogP contribution in [-0.4, -0.2) is 29.6 Å². The van der Waals surface area contributed by atoms with Crippen LogP contribution in [0.4, 0.5) is 0 Å². The summed E-state index contributed by atoms with van der Waals surface area (Å²) in [6.45, 7) is 34.9. The molecule has 0 bridgehead atoms. The quantitative estimate of drug-likeness (QED) is 0.310. The highest BCUT2D eigenvalue weighted by atomic mass is 15.3. The number of rotatable bonds is 11. The lowest BCUT2D eigenvalue weighted by molar-refractivity contribution is 0.201. The molecule has 34 heavy (non-hydrogen) atoms. The molecule has 0 spiro atoms. The number of nitrogens with zero attached hydrogens (tertiary/aromatic N) is 1. The standard InChI is InChI=1S/C31H53N3/c1-20(2)17-18-26(30(7,8)9)32-23(6)33-28(24-15-13-12-14-16-24)22(5)34-19-25-27(31(25,10)11)29(34)21(3)4/h24-29,32-33H,1,3,5-6,12-19H2,2,4,7-11H3/t25-,26?,27-,28?,29?/m0/s1. The van der Waals surface area contributed by atoms with E-state index < -0.39 is 0 Å². The van der Waals surface area contributed by atoms with E-state index in [1.54, 1.807) is 0 Å². The van der Waals surface area contributed by atoms with Crippen LogP contribution in [0.15, 0.2) is 49.0 Å². The number of nitrogens with one attached hydrogen (secondary N) is 2. The van der Waals surface area contributed by atoms with Crippen molar-refractivity contribution < 1.29 is 0 Å². The summed E-state index contributed by atoms with van der Waals surface area (Å²) in [5.41, 5.74) is 4.35. The van der Waals surface area contributed by atoms with E-state index in [1.807, 2.05) is 0 Å². The topological polar surface area (TPSA) is 27.3 Å². The van der Waals surface area contributed by atoms with E-state index in [0.717, 1.165) is 31.1 Å². The summed E-state index contributed by atoms with van der Waals surface area (Å²) >= 11 is 0. The third-order valence-corrected chi connectivity index (χ3v) is 9.15. The van der Waals surface area contributed by atoms with Crippen LogP contribution >= 0.6 is 0 Å². The Morgan fingerprint density at radius 1 is 1.00 bits per heavy atom. The molecular weight excluding hydrogens is 414 g/mol. The summed E-state index contributed by atoms with van der Waals surface area (Å²) in [5, 5.41) is 7.63. The number of piperidine rings is 1. The van der Waals surface area contributed by atoms with Crippen molar-refractivity contribution in [3.8, 4) is 0 Å². The minimum absolute atomic E-state index is 0.143. The number of hydrogen-bond acceptors (Lipinski definition) is 3. The molecule has 3 unspecified atom stereocenters. The van der Waals surface area contributed by atoms with Crippen LogP contribution in [0, 0.1) is 28.6 Å². The molecule has 1 aliphatic heterocycles. The second-order valence-corrected chi connectivity index (χ2v) is 13.4. The van der Waals surface area contributed by atoms with Gasteiger partial charge in [0.05, 0.1) is 17.9 Å². The van der Waals surface area contributed by atoms with Crippen LogP contribution in [0.5, 0.6) is 0 Å². The molecule has 3 aliphatic rings. The molecule has 0 radical (unpaired) electrons. The van der Waals surface area contributed by atoms with Gasteiger partial charge in [0.2, 0.25) is 0 Å². The first-order chi connectivity index (χ1) is 15.7. The first-order valence-electron chi connectivity index (χ1n) is 13.7. The fourth-order valence-corrected chi connectivity index (χ4v) is 6.82. The van der Waals surface area contributed by atoms with Crippen molar-refractivity contribution in [3.63, 3.8) is 0 Å². The lowest BCUT2D eigenvalue weighted by atomic mass is 9.81. The smallest absolute Gasteiger partial charge is 0.0920 e. The average molecular weight is 468 g/mol. The van der Waals surface area contributed by atoms with E-state index >= 15 is 0 Å². The number of fused-ring (bicyclic) bond motifs is 1. The summed E-state index contributed by atoms with van der Waals surface area (Å²) < 4.78 is 0. The van der Waals surface area contributed by atoms with Crippen molar-refractivity contribution in [2.45, 2.75) is 112 Å². The molecule has 2 aliphatic carbocycles. The Morgan fingerprint density at radius 3 is 2.15 bits per heavy atom. The molecule has 192 valence electrons. The predicted octanol–water partition coefficient (Wildman–Crippen LogP) is 7.40. The molecule has 0 aromatic carbocycles. The van der Waals surface area contributed by atoms with Gasteiger partial charge in [-0.15, -0.1) is 6.58 Å². The summed E-state index contributed by atoms with van der Waals surface area (Å²) in [7, 11) is 0. The first-order valence-corrected chi connectivity index (χ1v) is 13.7. The van der Waals surface area contributed by atoms with Gasteiger partial charge in [-0.2, -0.15) is 0 Å². The maximum atomic E-state index is 4.73. The maximum absolute atomic E-state index is 4.73. The Morgan fingerprint density at radius 2 is 1.62 bits per heavy atom. The Hall–Kier alpha value is -1.64. The van der Waals surface area contributed by atoms with Crippen LogP contribution in [0.25, 0.3) is 0 Å². The number of allylic oxidation sites excluding steroid dienone is 1. The normalized spacial score (nSPS) is 28.0. The average Bonchev–Trinajstić information content (AvgIpc) is 3.09. The third kappa shape index (κ3) is 5.77.